The van der Waals surface area contributed by atoms with Gasteiger partial charge in [0.15, 0.2) is 11.7 Å². The zero-order valence-electron chi connectivity index (χ0n) is 10.3. The third-order valence-corrected chi connectivity index (χ3v) is 2.47. The van der Waals surface area contributed by atoms with Crippen LogP contribution in [0.15, 0.2) is 5.16 Å². The van der Waals surface area contributed by atoms with E-state index in [9.17, 15) is 4.79 Å². The second-order valence-electron chi connectivity index (χ2n) is 3.87. The summed E-state index contributed by atoms with van der Waals surface area (Å²) in [7, 11) is 0. The smallest absolute Gasteiger partial charge is 0.231 e. The van der Waals surface area contributed by atoms with Crippen LogP contribution in [-0.4, -0.2) is 37.6 Å². The molecule has 0 saturated carbocycles. The van der Waals surface area contributed by atoms with Gasteiger partial charge in [0.1, 0.15) is 0 Å². The van der Waals surface area contributed by atoms with Crippen molar-refractivity contribution in [2.75, 3.05) is 0 Å². The van der Waals surface area contributed by atoms with Crippen molar-refractivity contribution < 1.29 is 10.0 Å². The Balaban J connectivity index is 2.67. The number of hydrogen-bond acceptors (Lipinski definition) is 6. The van der Waals surface area contributed by atoms with E-state index < -0.39 is 12.0 Å². The highest BCUT2D eigenvalue weighted by atomic mass is 16.4. The summed E-state index contributed by atoms with van der Waals surface area (Å²) in [6.45, 7) is 3.63. The molecule has 0 radical (unpaired) electrons. The molecule has 0 saturated heterocycles. The molecule has 5 N–H and O–H groups in total. The van der Waals surface area contributed by atoms with Gasteiger partial charge in [-0.1, -0.05) is 23.7 Å². The minimum Gasteiger partial charge on any atom is -0.409 e. The Labute approximate surface area is 104 Å². The highest BCUT2D eigenvalue weighted by molar-refractivity contribution is 6.02. The molecule has 0 aliphatic heterocycles. The van der Waals surface area contributed by atoms with E-state index in [0.717, 1.165) is 6.42 Å². The summed E-state index contributed by atoms with van der Waals surface area (Å²) in [5.41, 5.74) is 5.49. The molecular weight excluding hydrogens is 238 g/mol. The lowest BCUT2D eigenvalue weighted by atomic mass is 10.0. The molecule has 1 aromatic heterocycles. The number of aromatic amines is 1. The number of amides is 1. The van der Waals surface area contributed by atoms with Gasteiger partial charge in [0.05, 0.1) is 12.0 Å². The molecule has 2 atom stereocenters. The molecule has 0 aliphatic rings. The number of carbonyl (C=O) groups is 1. The lowest BCUT2D eigenvalue weighted by Gasteiger charge is -2.17. The molecule has 0 aliphatic carbocycles. The van der Waals surface area contributed by atoms with Crippen molar-refractivity contribution in [2.45, 2.75) is 32.7 Å². The highest BCUT2D eigenvalue weighted by Gasteiger charge is 2.24. The van der Waals surface area contributed by atoms with E-state index in [1.807, 2.05) is 6.92 Å². The van der Waals surface area contributed by atoms with Gasteiger partial charge >= 0.3 is 0 Å². The lowest BCUT2D eigenvalue weighted by molar-refractivity contribution is -0.124. The van der Waals surface area contributed by atoms with E-state index in [-0.39, 0.29) is 11.7 Å². The number of rotatable bonds is 6. The molecule has 100 valence electrons. The Morgan fingerprint density at radius 1 is 1.67 bits per heavy atom. The summed E-state index contributed by atoms with van der Waals surface area (Å²) in [5, 5.41) is 27.5. The molecule has 9 nitrogen and oxygen atoms in total. The van der Waals surface area contributed by atoms with Gasteiger partial charge in [0.25, 0.3) is 0 Å². The largest absolute Gasteiger partial charge is 0.409 e. The van der Waals surface area contributed by atoms with Gasteiger partial charge in [-0.2, -0.15) is 5.21 Å². The van der Waals surface area contributed by atoms with Crippen molar-refractivity contribution in [3.8, 4) is 0 Å². The summed E-state index contributed by atoms with van der Waals surface area (Å²) < 4.78 is 0. The fourth-order valence-corrected chi connectivity index (χ4v) is 1.50. The number of tetrazole rings is 1. The Morgan fingerprint density at radius 3 is 2.89 bits per heavy atom. The second-order valence-corrected chi connectivity index (χ2v) is 3.87. The van der Waals surface area contributed by atoms with Crippen LogP contribution in [0.4, 0.5) is 0 Å². The van der Waals surface area contributed by atoms with Crippen LogP contribution in [0.5, 0.6) is 0 Å². The lowest BCUT2D eigenvalue weighted by Crippen LogP contribution is -2.40. The van der Waals surface area contributed by atoms with Crippen LogP contribution in [0.25, 0.3) is 0 Å². The predicted octanol–water partition coefficient (Wildman–Crippen LogP) is -0.460. The van der Waals surface area contributed by atoms with Gasteiger partial charge in [0, 0.05) is 0 Å². The van der Waals surface area contributed by atoms with Crippen LogP contribution in [-0.2, 0) is 4.79 Å². The molecule has 0 bridgehead atoms. The number of nitrogens with two attached hydrogens (primary N) is 1. The molecule has 1 amide bonds. The fraction of sp³-hybridized carbons (Fsp3) is 0.667. The average Bonchev–Trinajstić information content (AvgIpc) is 2.88. The number of carbonyl (C=O) groups excluding carboxylic acids is 1. The summed E-state index contributed by atoms with van der Waals surface area (Å²) in [5.74, 6) is -0.716. The molecule has 1 aromatic rings. The van der Waals surface area contributed by atoms with E-state index in [1.165, 1.54) is 0 Å². The average molecular weight is 255 g/mol. The maximum absolute atomic E-state index is 12.0. The first kappa shape index (κ1) is 13.9. The molecule has 1 heterocycles. The molecular formula is C9H17N7O2. The summed E-state index contributed by atoms with van der Waals surface area (Å²) in [6, 6.07) is -0.401. The fourth-order valence-electron chi connectivity index (χ4n) is 1.50. The Hall–Kier alpha value is -2.19. The van der Waals surface area contributed by atoms with E-state index in [4.69, 9.17) is 10.9 Å². The van der Waals surface area contributed by atoms with Crippen molar-refractivity contribution in [3.63, 3.8) is 0 Å². The quantitative estimate of drug-likeness (QED) is 0.234. The van der Waals surface area contributed by atoms with E-state index in [0.29, 0.717) is 12.2 Å². The molecule has 0 fully saturated rings. The Kier molecular flexibility index (Phi) is 5.03. The standard InChI is InChI=1S/C9H17N7O2/c1-3-4-6(7(10)14-18)9(17)11-5(2)8-12-15-16-13-8/h5-6,18H,3-4H2,1-2H3,(H2,10,14)(H,11,17)(H,12,13,15,16). The van der Waals surface area contributed by atoms with Crippen LogP contribution in [0.3, 0.4) is 0 Å². The highest BCUT2D eigenvalue weighted by Crippen LogP contribution is 2.10. The minimum atomic E-state index is -0.658. The number of aromatic nitrogens is 4. The number of hydrogen-bond donors (Lipinski definition) is 4. The van der Waals surface area contributed by atoms with Gasteiger partial charge < -0.3 is 16.3 Å². The van der Waals surface area contributed by atoms with Crippen LogP contribution < -0.4 is 11.1 Å². The van der Waals surface area contributed by atoms with Crippen molar-refractivity contribution in [1.29, 1.82) is 0 Å². The molecule has 2 unspecified atom stereocenters. The van der Waals surface area contributed by atoms with E-state index in [2.05, 4.69) is 31.1 Å². The summed E-state index contributed by atoms with van der Waals surface area (Å²) in [6.07, 6.45) is 1.24. The summed E-state index contributed by atoms with van der Waals surface area (Å²) >= 11 is 0. The van der Waals surface area contributed by atoms with Crippen molar-refractivity contribution in [3.05, 3.63) is 5.82 Å². The number of H-pyrrole nitrogens is 1. The zero-order chi connectivity index (χ0) is 13.5. The Bertz CT molecular complexity index is 403. The molecule has 1 rings (SSSR count). The van der Waals surface area contributed by atoms with Gasteiger partial charge in [-0.25, -0.2) is 0 Å². The first-order valence-corrected chi connectivity index (χ1v) is 5.61. The van der Waals surface area contributed by atoms with Crippen LogP contribution >= 0.6 is 0 Å². The first-order valence-electron chi connectivity index (χ1n) is 5.61. The van der Waals surface area contributed by atoms with Crippen molar-refractivity contribution >= 4 is 11.7 Å². The molecule has 0 aromatic carbocycles. The normalized spacial score (nSPS) is 15.1. The molecule has 9 heteroatoms. The zero-order valence-corrected chi connectivity index (χ0v) is 10.3. The second kappa shape index (κ2) is 6.52. The van der Waals surface area contributed by atoms with Gasteiger partial charge in [-0.15, -0.1) is 10.2 Å². The number of oxime groups is 1. The topological polar surface area (TPSA) is 142 Å². The third-order valence-electron chi connectivity index (χ3n) is 2.47. The number of nitrogens with one attached hydrogen (secondary N) is 2. The van der Waals surface area contributed by atoms with Gasteiger partial charge in [-0.3, -0.25) is 4.79 Å². The van der Waals surface area contributed by atoms with Crippen molar-refractivity contribution in [2.24, 2.45) is 16.8 Å². The monoisotopic (exact) mass is 255 g/mol. The molecule has 0 spiro atoms. The third kappa shape index (κ3) is 3.40. The van der Waals surface area contributed by atoms with Crippen LogP contribution in [0.1, 0.15) is 38.6 Å². The van der Waals surface area contributed by atoms with Gasteiger partial charge in [-0.05, 0) is 13.3 Å². The van der Waals surface area contributed by atoms with Gasteiger partial charge in [0.2, 0.25) is 5.91 Å². The van der Waals surface area contributed by atoms with Crippen LogP contribution in [0.2, 0.25) is 0 Å². The number of nitrogens with zero attached hydrogens (tertiary/aromatic N) is 4. The summed E-state index contributed by atoms with van der Waals surface area (Å²) in [4.78, 5) is 12.0. The number of amidine groups is 1. The maximum atomic E-state index is 12.0. The van der Waals surface area contributed by atoms with E-state index >= 15 is 0 Å². The van der Waals surface area contributed by atoms with E-state index in [1.54, 1.807) is 6.92 Å². The molecule has 18 heavy (non-hydrogen) atoms. The predicted molar refractivity (Wildman–Crippen MR) is 62.5 cm³/mol. The SMILES string of the molecule is CCCC(C(=O)NC(C)c1nn[nH]n1)C(N)=NO. The maximum Gasteiger partial charge on any atom is 0.231 e. The van der Waals surface area contributed by atoms with Crippen molar-refractivity contribution in [1.82, 2.24) is 25.9 Å². The minimum absolute atomic E-state index is 0.102. The van der Waals surface area contributed by atoms with Crippen LogP contribution in [0, 0.1) is 5.92 Å². The Morgan fingerprint density at radius 2 is 2.39 bits per heavy atom. The first-order chi connectivity index (χ1) is 8.60.